The van der Waals surface area contributed by atoms with Crippen molar-refractivity contribution in [1.82, 2.24) is 15.0 Å². The summed E-state index contributed by atoms with van der Waals surface area (Å²) < 4.78 is 1.23. The van der Waals surface area contributed by atoms with E-state index in [2.05, 4.69) is 22.1 Å². The zero-order chi connectivity index (χ0) is 17.5. The first-order valence-corrected chi connectivity index (χ1v) is 10.8. The molecular weight excluding hydrogens is 342 g/mol. The van der Waals surface area contributed by atoms with E-state index in [0.29, 0.717) is 0 Å². The number of quaternary nitrogens is 1. The van der Waals surface area contributed by atoms with E-state index in [1.54, 1.807) is 6.33 Å². The highest BCUT2D eigenvalue weighted by molar-refractivity contribution is 7.26. The summed E-state index contributed by atoms with van der Waals surface area (Å²) in [6.45, 7) is 6.67. The highest BCUT2D eigenvalue weighted by atomic mass is 32.1. The van der Waals surface area contributed by atoms with Gasteiger partial charge in [-0.2, -0.15) is 0 Å². The van der Waals surface area contributed by atoms with Gasteiger partial charge >= 0.3 is 0 Å². The summed E-state index contributed by atoms with van der Waals surface area (Å²) in [5, 5.41) is 3.71. The van der Waals surface area contributed by atoms with Crippen LogP contribution in [-0.2, 0) is 19.3 Å². The third kappa shape index (κ3) is 2.58. The van der Waals surface area contributed by atoms with Crippen molar-refractivity contribution in [2.75, 3.05) is 31.1 Å². The Balaban J connectivity index is 1.71. The number of fused-ring (bicyclic) bond motifs is 5. The van der Waals surface area contributed by atoms with Gasteiger partial charge in [0, 0.05) is 11.1 Å². The number of rotatable bonds is 4. The third-order valence-electron chi connectivity index (χ3n) is 5.81. The van der Waals surface area contributed by atoms with Crippen LogP contribution in [0.3, 0.4) is 0 Å². The Morgan fingerprint density at radius 3 is 2.85 bits per heavy atom. The summed E-state index contributed by atoms with van der Waals surface area (Å²) in [5.74, 6) is 1.12. The van der Waals surface area contributed by atoms with Crippen LogP contribution in [0.1, 0.15) is 43.0 Å². The van der Waals surface area contributed by atoms with Gasteiger partial charge in [-0.3, -0.25) is 0 Å². The molecule has 26 heavy (non-hydrogen) atoms. The first-order chi connectivity index (χ1) is 12.9. The van der Waals surface area contributed by atoms with Crippen LogP contribution in [0.4, 0.5) is 5.82 Å². The second kappa shape index (κ2) is 6.74. The van der Waals surface area contributed by atoms with Gasteiger partial charge in [0.15, 0.2) is 5.82 Å². The Hall–Kier alpha value is -1.79. The summed E-state index contributed by atoms with van der Waals surface area (Å²) in [7, 11) is 0. The standard InChI is InChI=1S/C20H25N5S/c1-2-3-7-15-13-5-4-6-14(13)16-17-18(26-20(16)24-15)19(23-12-22-17)25-10-8-21-9-11-25/h12,21H,2-11H2,1H3/p+1. The van der Waals surface area contributed by atoms with Crippen LogP contribution in [0.25, 0.3) is 20.4 Å². The maximum atomic E-state index is 5.13. The van der Waals surface area contributed by atoms with Crippen molar-refractivity contribution >= 4 is 37.6 Å². The van der Waals surface area contributed by atoms with Crippen LogP contribution in [0.2, 0.25) is 0 Å². The quantitative estimate of drug-likeness (QED) is 0.768. The summed E-state index contributed by atoms with van der Waals surface area (Å²) in [6.07, 6.45) is 8.95. The summed E-state index contributed by atoms with van der Waals surface area (Å²) >= 11 is 1.81. The highest BCUT2D eigenvalue weighted by Crippen LogP contribution is 2.42. The molecule has 136 valence electrons. The van der Waals surface area contributed by atoms with Crippen LogP contribution in [0.15, 0.2) is 6.33 Å². The molecule has 4 heterocycles. The SMILES string of the molecule is CCCCc1nc2sc3c(N4CC[NH2+]CC4)ncnc3c2c2c1CCC2. The second-order valence-corrected chi connectivity index (χ2v) is 8.48. The number of unbranched alkanes of at least 4 members (excludes halogenated alkanes) is 1. The number of aromatic nitrogens is 3. The molecule has 3 aromatic heterocycles. The molecular formula is C20H26N5S+. The van der Waals surface area contributed by atoms with Crippen molar-refractivity contribution in [1.29, 1.82) is 0 Å². The molecule has 0 aromatic carbocycles. The zero-order valence-corrected chi connectivity index (χ0v) is 16.2. The summed E-state index contributed by atoms with van der Waals surface area (Å²) in [4.78, 5) is 18.1. The molecule has 5 nitrogen and oxygen atoms in total. The molecule has 0 atom stereocenters. The Morgan fingerprint density at radius 2 is 2.00 bits per heavy atom. The average molecular weight is 369 g/mol. The van der Waals surface area contributed by atoms with Gasteiger partial charge in [-0.25, -0.2) is 15.0 Å². The molecule has 0 amide bonds. The number of nitrogens with zero attached hydrogens (tertiary/aromatic N) is 4. The number of aryl methyl sites for hydroxylation is 2. The predicted molar refractivity (Wildman–Crippen MR) is 107 cm³/mol. The molecule has 1 saturated heterocycles. The molecule has 1 fully saturated rings. The molecule has 6 heteroatoms. The van der Waals surface area contributed by atoms with E-state index in [0.717, 1.165) is 43.9 Å². The summed E-state index contributed by atoms with van der Waals surface area (Å²) in [6, 6.07) is 0. The van der Waals surface area contributed by atoms with Crippen molar-refractivity contribution in [3.8, 4) is 0 Å². The smallest absolute Gasteiger partial charge is 0.150 e. The number of nitrogens with two attached hydrogens (primary N) is 1. The Kier molecular flexibility index (Phi) is 4.25. The fourth-order valence-corrected chi connectivity index (χ4v) is 5.70. The monoisotopic (exact) mass is 368 g/mol. The average Bonchev–Trinajstić information content (AvgIpc) is 3.30. The number of hydrogen-bond acceptors (Lipinski definition) is 5. The van der Waals surface area contributed by atoms with Gasteiger partial charge in [-0.05, 0) is 43.2 Å². The normalized spacial score (nSPS) is 17.3. The van der Waals surface area contributed by atoms with Gasteiger partial charge in [0.05, 0.1) is 36.4 Å². The van der Waals surface area contributed by atoms with E-state index in [1.807, 2.05) is 11.3 Å². The fraction of sp³-hybridized carbons (Fsp3) is 0.550. The van der Waals surface area contributed by atoms with Gasteiger partial charge in [-0.1, -0.05) is 13.3 Å². The van der Waals surface area contributed by atoms with Gasteiger partial charge in [0.1, 0.15) is 11.2 Å². The lowest BCUT2D eigenvalue weighted by Crippen LogP contribution is -2.89. The Labute approximate surface area is 157 Å². The third-order valence-corrected chi connectivity index (χ3v) is 6.88. The zero-order valence-electron chi connectivity index (χ0n) is 15.4. The maximum Gasteiger partial charge on any atom is 0.150 e. The van der Waals surface area contributed by atoms with E-state index in [9.17, 15) is 0 Å². The lowest BCUT2D eigenvalue weighted by atomic mass is 10.0. The number of piperazine rings is 1. The molecule has 0 unspecified atom stereocenters. The first-order valence-electron chi connectivity index (χ1n) is 10.0. The molecule has 3 aromatic rings. The van der Waals surface area contributed by atoms with Crippen LogP contribution in [-0.4, -0.2) is 41.1 Å². The predicted octanol–water partition coefficient (Wildman–Crippen LogP) is 2.45. The van der Waals surface area contributed by atoms with Crippen molar-refractivity contribution in [2.45, 2.75) is 45.4 Å². The minimum absolute atomic E-state index is 1.06. The van der Waals surface area contributed by atoms with E-state index < -0.39 is 0 Å². The van der Waals surface area contributed by atoms with Crippen molar-refractivity contribution in [2.24, 2.45) is 0 Å². The molecule has 5 rings (SSSR count). The minimum Gasteiger partial charge on any atom is -0.344 e. The molecule has 0 saturated carbocycles. The van der Waals surface area contributed by atoms with E-state index >= 15 is 0 Å². The van der Waals surface area contributed by atoms with E-state index in [1.165, 1.54) is 63.8 Å². The first kappa shape index (κ1) is 16.4. The van der Waals surface area contributed by atoms with Gasteiger partial charge in [0.25, 0.3) is 0 Å². The molecule has 2 aliphatic rings. The van der Waals surface area contributed by atoms with E-state index in [4.69, 9.17) is 9.97 Å². The maximum absolute atomic E-state index is 5.13. The Morgan fingerprint density at radius 1 is 1.15 bits per heavy atom. The molecule has 0 bridgehead atoms. The van der Waals surface area contributed by atoms with Crippen molar-refractivity contribution in [3.63, 3.8) is 0 Å². The van der Waals surface area contributed by atoms with Crippen LogP contribution in [0, 0.1) is 0 Å². The Bertz CT molecular complexity index is 958. The largest absolute Gasteiger partial charge is 0.344 e. The number of hydrogen-bond donors (Lipinski definition) is 1. The van der Waals surface area contributed by atoms with Crippen LogP contribution in [0.5, 0.6) is 0 Å². The minimum atomic E-state index is 1.06. The number of pyridine rings is 1. The van der Waals surface area contributed by atoms with Crippen molar-refractivity contribution in [3.05, 3.63) is 23.1 Å². The molecule has 1 aliphatic carbocycles. The highest BCUT2D eigenvalue weighted by Gasteiger charge is 2.25. The molecule has 0 spiro atoms. The second-order valence-electron chi connectivity index (χ2n) is 7.48. The number of thiophene rings is 1. The lowest BCUT2D eigenvalue weighted by Gasteiger charge is -2.26. The van der Waals surface area contributed by atoms with Crippen LogP contribution < -0.4 is 10.2 Å². The van der Waals surface area contributed by atoms with E-state index in [-0.39, 0.29) is 0 Å². The number of anilines is 1. The molecule has 1 aliphatic heterocycles. The molecule has 0 radical (unpaired) electrons. The topological polar surface area (TPSA) is 58.5 Å². The van der Waals surface area contributed by atoms with Gasteiger partial charge < -0.3 is 10.2 Å². The van der Waals surface area contributed by atoms with Gasteiger partial charge in [0.2, 0.25) is 0 Å². The fourth-order valence-electron chi connectivity index (χ4n) is 4.50. The summed E-state index contributed by atoms with van der Waals surface area (Å²) in [5.41, 5.74) is 5.54. The van der Waals surface area contributed by atoms with Crippen molar-refractivity contribution < 1.29 is 5.32 Å². The lowest BCUT2D eigenvalue weighted by molar-refractivity contribution is -0.655. The van der Waals surface area contributed by atoms with Crippen LogP contribution >= 0.6 is 11.3 Å². The van der Waals surface area contributed by atoms with Gasteiger partial charge in [-0.15, -0.1) is 11.3 Å². The molecule has 2 N–H and O–H groups in total.